The Kier molecular flexibility index (Phi) is 1.54. The summed E-state index contributed by atoms with van der Waals surface area (Å²) in [5, 5.41) is 3.70. The van der Waals surface area contributed by atoms with Crippen molar-refractivity contribution in [3.05, 3.63) is 0 Å². The predicted octanol–water partition coefficient (Wildman–Crippen LogP) is 2.17. The SMILES string of the molecule is CC1CC1NC1CC(C)(C)C1. The van der Waals surface area contributed by atoms with Crippen LogP contribution in [0.25, 0.3) is 0 Å². The van der Waals surface area contributed by atoms with Crippen LogP contribution in [0.2, 0.25) is 0 Å². The van der Waals surface area contributed by atoms with E-state index in [1.807, 2.05) is 0 Å². The van der Waals surface area contributed by atoms with Crippen molar-refractivity contribution in [2.45, 2.75) is 52.1 Å². The topological polar surface area (TPSA) is 12.0 Å². The third-order valence-electron chi connectivity index (χ3n) is 3.16. The molecule has 0 radical (unpaired) electrons. The summed E-state index contributed by atoms with van der Waals surface area (Å²) in [4.78, 5) is 0. The molecular formula is C10H19N. The van der Waals surface area contributed by atoms with Gasteiger partial charge in [-0.05, 0) is 30.6 Å². The molecule has 11 heavy (non-hydrogen) atoms. The van der Waals surface area contributed by atoms with Crippen LogP contribution in [0.5, 0.6) is 0 Å². The fourth-order valence-corrected chi connectivity index (χ4v) is 2.25. The van der Waals surface area contributed by atoms with E-state index >= 15 is 0 Å². The molecule has 1 N–H and O–H groups in total. The Morgan fingerprint density at radius 1 is 1.27 bits per heavy atom. The molecule has 1 heteroatoms. The molecule has 2 atom stereocenters. The first-order chi connectivity index (χ1) is 5.07. The summed E-state index contributed by atoms with van der Waals surface area (Å²) < 4.78 is 0. The van der Waals surface area contributed by atoms with Gasteiger partial charge in [-0.3, -0.25) is 0 Å². The second-order valence-corrected chi connectivity index (χ2v) is 5.26. The molecule has 0 aliphatic heterocycles. The van der Waals surface area contributed by atoms with E-state index in [2.05, 4.69) is 26.1 Å². The summed E-state index contributed by atoms with van der Waals surface area (Å²) >= 11 is 0. The monoisotopic (exact) mass is 153 g/mol. The zero-order valence-corrected chi connectivity index (χ0v) is 7.85. The lowest BCUT2D eigenvalue weighted by Crippen LogP contribution is -2.47. The summed E-state index contributed by atoms with van der Waals surface area (Å²) in [5.74, 6) is 0.957. The lowest BCUT2D eigenvalue weighted by Gasteiger charge is -2.43. The van der Waals surface area contributed by atoms with Crippen LogP contribution in [0.15, 0.2) is 0 Å². The van der Waals surface area contributed by atoms with Crippen molar-refractivity contribution in [3.8, 4) is 0 Å². The Morgan fingerprint density at radius 3 is 2.18 bits per heavy atom. The van der Waals surface area contributed by atoms with Crippen molar-refractivity contribution < 1.29 is 0 Å². The first kappa shape index (κ1) is 7.60. The van der Waals surface area contributed by atoms with Crippen LogP contribution in [0.3, 0.4) is 0 Å². The number of rotatable bonds is 2. The van der Waals surface area contributed by atoms with Crippen LogP contribution in [0.1, 0.15) is 40.0 Å². The van der Waals surface area contributed by atoms with E-state index in [1.165, 1.54) is 19.3 Å². The van der Waals surface area contributed by atoms with Crippen molar-refractivity contribution in [2.75, 3.05) is 0 Å². The molecule has 0 heterocycles. The lowest BCUT2D eigenvalue weighted by atomic mass is 9.68. The maximum atomic E-state index is 3.70. The quantitative estimate of drug-likeness (QED) is 0.641. The van der Waals surface area contributed by atoms with Gasteiger partial charge in [-0.25, -0.2) is 0 Å². The molecule has 0 aromatic rings. The molecule has 0 spiro atoms. The maximum Gasteiger partial charge on any atom is 0.00989 e. The highest BCUT2D eigenvalue weighted by molar-refractivity contribution is 4.98. The van der Waals surface area contributed by atoms with Crippen LogP contribution >= 0.6 is 0 Å². The number of nitrogens with one attached hydrogen (secondary N) is 1. The molecule has 0 saturated heterocycles. The molecule has 2 aliphatic rings. The third kappa shape index (κ3) is 1.58. The van der Waals surface area contributed by atoms with E-state index in [9.17, 15) is 0 Å². The summed E-state index contributed by atoms with van der Waals surface area (Å²) in [7, 11) is 0. The van der Waals surface area contributed by atoms with Crippen LogP contribution in [-0.2, 0) is 0 Å². The normalized spacial score (nSPS) is 41.7. The van der Waals surface area contributed by atoms with E-state index in [4.69, 9.17) is 0 Å². The lowest BCUT2D eigenvalue weighted by molar-refractivity contribution is 0.124. The first-order valence-corrected chi connectivity index (χ1v) is 4.83. The largest absolute Gasteiger partial charge is 0.311 e. The maximum absolute atomic E-state index is 3.70. The van der Waals surface area contributed by atoms with Gasteiger partial charge in [0.2, 0.25) is 0 Å². The molecule has 2 unspecified atom stereocenters. The van der Waals surface area contributed by atoms with Gasteiger partial charge in [0.15, 0.2) is 0 Å². The van der Waals surface area contributed by atoms with Crippen molar-refractivity contribution >= 4 is 0 Å². The van der Waals surface area contributed by atoms with Crippen molar-refractivity contribution in [1.82, 2.24) is 5.32 Å². The fraction of sp³-hybridized carbons (Fsp3) is 1.00. The molecule has 1 nitrogen and oxygen atoms in total. The summed E-state index contributed by atoms with van der Waals surface area (Å²) in [6.07, 6.45) is 4.18. The van der Waals surface area contributed by atoms with E-state index in [0.29, 0.717) is 5.41 Å². The van der Waals surface area contributed by atoms with E-state index in [-0.39, 0.29) is 0 Å². The van der Waals surface area contributed by atoms with Crippen molar-refractivity contribution in [1.29, 1.82) is 0 Å². The zero-order chi connectivity index (χ0) is 8.06. The third-order valence-corrected chi connectivity index (χ3v) is 3.16. The molecule has 0 aromatic heterocycles. The van der Waals surface area contributed by atoms with Gasteiger partial charge >= 0.3 is 0 Å². The highest BCUT2D eigenvalue weighted by Crippen LogP contribution is 2.42. The average Bonchev–Trinajstić information content (AvgIpc) is 2.42. The standard InChI is InChI=1S/C10H19N/c1-7-4-9(7)11-8-5-10(2,3)6-8/h7-9,11H,4-6H2,1-3H3. The highest BCUT2D eigenvalue weighted by Gasteiger charge is 2.41. The molecule has 64 valence electrons. The molecule has 2 rings (SSSR count). The van der Waals surface area contributed by atoms with Gasteiger partial charge in [-0.15, -0.1) is 0 Å². The first-order valence-electron chi connectivity index (χ1n) is 4.83. The Hall–Kier alpha value is -0.0400. The Balaban J connectivity index is 1.68. The van der Waals surface area contributed by atoms with Crippen LogP contribution < -0.4 is 5.32 Å². The molecular weight excluding hydrogens is 134 g/mol. The van der Waals surface area contributed by atoms with E-state index in [1.54, 1.807) is 0 Å². The minimum atomic E-state index is 0.635. The van der Waals surface area contributed by atoms with Crippen molar-refractivity contribution in [3.63, 3.8) is 0 Å². The zero-order valence-electron chi connectivity index (χ0n) is 7.85. The second kappa shape index (κ2) is 2.22. The van der Waals surface area contributed by atoms with Gasteiger partial charge < -0.3 is 5.32 Å². The number of hydrogen-bond donors (Lipinski definition) is 1. The second-order valence-electron chi connectivity index (χ2n) is 5.26. The van der Waals surface area contributed by atoms with Gasteiger partial charge in [-0.2, -0.15) is 0 Å². The smallest absolute Gasteiger partial charge is 0.00989 e. The van der Waals surface area contributed by atoms with Crippen LogP contribution in [-0.4, -0.2) is 12.1 Å². The molecule has 2 aliphatic carbocycles. The highest BCUT2D eigenvalue weighted by atomic mass is 15.0. The Morgan fingerprint density at radius 2 is 1.82 bits per heavy atom. The summed E-state index contributed by atoms with van der Waals surface area (Å²) in [5.41, 5.74) is 0.635. The predicted molar refractivity (Wildman–Crippen MR) is 47.5 cm³/mol. The minimum absolute atomic E-state index is 0.635. The minimum Gasteiger partial charge on any atom is -0.311 e. The Labute approximate surface area is 69.6 Å². The average molecular weight is 153 g/mol. The van der Waals surface area contributed by atoms with E-state index in [0.717, 1.165) is 18.0 Å². The summed E-state index contributed by atoms with van der Waals surface area (Å²) in [6, 6.07) is 1.72. The summed E-state index contributed by atoms with van der Waals surface area (Å²) in [6.45, 7) is 7.06. The molecule has 0 amide bonds. The fourth-order valence-electron chi connectivity index (χ4n) is 2.25. The van der Waals surface area contributed by atoms with Crippen LogP contribution in [0.4, 0.5) is 0 Å². The Bertz CT molecular complexity index is 154. The number of hydrogen-bond acceptors (Lipinski definition) is 1. The van der Waals surface area contributed by atoms with Crippen LogP contribution in [0, 0.1) is 11.3 Å². The molecule has 0 bridgehead atoms. The van der Waals surface area contributed by atoms with Crippen molar-refractivity contribution in [2.24, 2.45) is 11.3 Å². The van der Waals surface area contributed by atoms with Gasteiger partial charge in [0, 0.05) is 12.1 Å². The molecule has 2 saturated carbocycles. The van der Waals surface area contributed by atoms with Gasteiger partial charge in [0.1, 0.15) is 0 Å². The molecule has 2 fully saturated rings. The van der Waals surface area contributed by atoms with Gasteiger partial charge in [0.05, 0.1) is 0 Å². The van der Waals surface area contributed by atoms with E-state index < -0.39 is 0 Å². The molecule has 0 aromatic carbocycles. The van der Waals surface area contributed by atoms with Gasteiger partial charge in [-0.1, -0.05) is 20.8 Å². The van der Waals surface area contributed by atoms with Gasteiger partial charge in [0.25, 0.3) is 0 Å².